The van der Waals surface area contributed by atoms with Gasteiger partial charge in [0.05, 0.1) is 115 Å². The molecule has 614 valence electrons. The molecule has 0 N–H and O–H groups in total. The number of pyridine rings is 3. The number of benzene rings is 5. The van der Waals surface area contributed by atoms with Crippen LogP contribution < -0.4 is 24.5 Å². The van der Waals surface area contributed by atoms with Crippen molar-refractivity contribution in [3.63, 3.8) is 0 Å². The predicted molar refractivity (Wildman–Crippen MR) is 463 cm³/mol. The van der Waals surface area contributed by atoms with Gasteiger partial charge >= 0.3 is 0 Å². The summed E-state index contributed by atoms with van der Waals surface area (Å²) in [5.74, 6) is -1.93. The molecule has 0 aliphatic carbocycles. The fourth-order valence-corrected chi connectivity index (χ4v) is 14.3. The lowest BCUT2D eigenvalue weighted by molar-refractivity contribution is 0.0978. The molecular weight excluding hydrogens is 1650 g/mol. The predicted octanol–water partition coefficient (Wildman–Crippen LogP) is 19.4. The summed E-state index contributed by atoms with van der Waals surface area (Å²) >= 11 is 16.2. The summed E-state index contributed by atoms with van der Waals surface area (Å²) in [5.41, 5.74) is 12.8. The third kappa shape index (κ3) is 25.5. The summed E-state index contributed by atoms with van der Waals surface area (Å²) in [4.78, 5) is 124. The van der Waals surface area contributed by atoms with Crippen molar-refractivity contribution in [2.45, 2.75) is 59.8 Å². The van der Waals surface area contributed by atoms with E-state index < -0.39 is 22.6 Å². The molecule has 121 heavy (non-hydrogen) atoms. The standard InChI is InChI=1S/C19H17FN4O.C18H16ClN3OS.C17H14ClN3OS.C17H14F2N4OS.C17H15FN4O2/c1-13-3-14(9-21-8-13)4-19(25)15-5-16(20)7-17(6-15)24(2)18-10-22-12-23-11-18;1-12-11-24-18(21-12)9-17(23)13-6-14(19)8-16(7-13)22(2)15-4-3-5-20-10-15;1-21(14-3-2-4-19-11-14)15-8-12(7-13(18)9-15)16(22)10-17-20-5-6-23-17;1-10-17(19)25-16(22-10)6-15(24)11-3-12(18)5-13(4-11)23(2)14-7-20-9-21-8-14;1-11-9-24-17(21-11)6-16(23)12-3-13(18)5-14(4-12)22(2)15-7-19-10-20-8-15/h3,5-12H,4H2,1-2H3;3-8,10-11H,9H2,1-2H3;2-9,11H,10H2,1H3;3-5,7-9H,6H2,1-2H3;3-5,7-10H,6H2,1-2H3. The Morgan fingerprint density at radius 1 is 0.380 bits per heavy atom. The number of thiazole rings is 3. The van der Waals surface area contributed by atoms with Crippen LogP contribution in [0.4, 0.5) is 74.4 Å². The van der Waals surface area contributed by atoms with Crippen LogP contribution in [0.2, 0.25) is 10.0 Å². The highest BCUT2D eigenvalue weighted by molar-refractivity contribution is 7.10. The van der Waals surface area contributed by atoms with Gasteiger partial charge in [-0.15, -0.1) is 22.7 Å². The van der Waals surface area contributed by atoms with E-state index in [-0.39, 0.29) is 77.8 Å². The number of aryl methyl sites for hydroxylation is 4. The third-order valence-electron chi connectivity index (χ3n) is 18.0. The van der Waals surface area contributed by atoms with Crippen LogP contribution >= 0.6 is 57.2 Å². The number of carbonyl (C=O) groups is 5. The van der Waals surface area contributed by atoms with Gasteiger partial charge in [-0.05, 0) is 154 Å². The van der Waals surface area contributed by atoms with Gasteiger partial charge in [0.25, 0.3) is 0 Å². The van der Waals surface area contributed by atoms with Crippen LogP contribution in [0.15, 0.2) is 242 Å². The Morgan fingerprint density at radius 2 is 0.785 bits per heavy atom. The van der Waals surface area contributed by atoms with E-state index in [2.05, 4.69) is 64.8 Å². The monoisotopic (exact) mass is 1720 g/mol. The summed E-state index contributed by atoms with van der Waals surface area (Å²) in [6.45, 7) is 7.15. The number of anilines is 10. The molecule has 10 heterocycles. The molecule has 33 heteroatoms. The zero-order valence-electron chi connectivity index (χ0n) is 66.5. The smallest absolute Gasteiger partial charge is 0.202 e. The molecule has 0 fully saturated rings. The van der Waals surface area contributed by atoms with Crippen LogP contribution in [0.1, 0.15) is 101 Å². The van der Waals surface area contributed by atoms with Gasteiger partial charge in [0, 0.05) is 155 Å². The van der Waals surface area contributed by atoms with Gasteiger partial charge in [0.2, 0.25) is 5.89 Å². The van der Waals surface area contributed by atoms with Gasteiger partial charge in [0.15, 0.2) is 34.0 Å². The Morgan fingerprint density at radius 3 is 1.17 bits per heavy atom. The number of aromatic nitrogens is 13. The van der Waals surface area contributed by atoms with E-state index in [1.165, 1.54) is 85.2 Å². The number of hydrogen-bond acceptors (Lipinski definition) is 27. The lowest BCUT2D eigenvalue weighted by Gasteiger charge is -2.20. The van der Waals surface area contributed by atoms with Gasteiger partial charge in [-0.1, -0.05) is 40.6 Å². The molecule has 5 aromatic carbocycles. The maximum absolute atomic E-state index is 14.0. The second kappa shape index (κ2) is 42.3. The topological polar surface area (TPSA) is 282 Å². The largest absolute Gasteiger partial charge is 0.448 e. The van der Waals surface area contributed by atoms with E-state index in [1.807, 2.05) is 103 Å². The zero-order valence-corrected chi connectivity index (χ0v) is 70.5. The number of nitrogens with zero attached hydrogens (tertiary/aromatic N) is 18. The molecule has 0 saturated heterocycles. The van der Waals surface area contributed by atoms with Crippen molar-refractivity contribution in [1.29, 1.82) is 0 Å². The number of hydrogen-bond donors (Lipinski definition) is 0. The molecule has 0 bridgehead atoms. The molecule has 0 aliphatic heterocycles. The molecular formula is C88H76Cl2F4N18O6S3. The average molecular weight is 1720 g/mol. The molecule has 24 nitrogen and oxygen atoms in total. The van der Waals surface area contributed by atoms with Gasteiger partial charge < -0.3 is 28.9 Å². The van der Waals surface area contributed by atoms with Crippen LogP contribution in [0.25, 0.3) is 0 Å². The summed E-state index contributed by atoms with van der Waals surface area (Å²) in [6.07, 6.45) is 28.0. The van der Waals surface area contributed by atoms with Gasteiger partial charge in [-0.25, -0.2) is 63.0 Å². The van der Waals surface area contributed by atoms with Crippen LogP contribution in [0.5, 0.6) is 0 Å². The summed E-state index contributed by atoms with van der Waals surface area (Å²) in [5, 5.41) is 6.45. The first-order valence-corrected chi connectivity index (χ1v) is 40.1. The van der Waals surface area contributed by atoms with Crippen molar-refractivity contribution in [1.82, 2.24) is 64.8 Å². The fourth-order valence-electron chi connectivity index (χ4n) is 11.7. The molecule has 10 aromatic heterocycles. The Balaban J connectivity index is 0.000000148. The van der Waals surface area contributed by atoms with Gasteiger partial charge in [-0.3, -0.25) is 38.9 Å². The second-order valence-corrected chi connectivity index (χ2v) is 30.9. The number of halogens is 6. The Bertz CT molecular complexity index is 5890. The Hall–Kier alpha value is -13.5. The minimum Gasteiger partial charge on any atom is -0.448 e. The minimum atomic E-state index is -0.536. The van der Waals surface area contributed by atoms with Crippen LogP contribution in [-0.2, 0) is 32.1 Å². The molecule has 0 aliphatic rings. The number of rotatable bonds is 25. The lowest BCUT2D eigenvalue weighted by atomic mass is 10.0. The molecule has 0 amide bonds. The van der Waals surface area contributed by atoms with E-state index in [0.717, 1.165) is 67.0 Å². The number of ketones is 5. The second-order valence-electron chi connectivity index (χ2n) is 27.0. The minimum absolute atomic E-state index is 0.00304. The Labute approximate surface area is 716 Å². The number of Topliss-reactive ketones (excluding diaryl/α,β-unsaturated/α-hetero) is 5. The number of carbonyl (C=O) groups excluding carboxylic acids is 5. The fraction of sp³-hybridized carbons (Fsp3) is 0.159. The van der Waals surface area contributed by atoms with E-state index >= 15 is 0 Å². The maximum atomic E-state index is 14.0. The third-order valence-corrected chi connectivity index (χ3v) is 21.1. The highest BCUT2D eigenvalue weighted by Crippen LogP contribution is 2.33. The van der Waals surface area contributed by atoms with E-state index in [1.54, 1.807) is 154 Å². The van der Waals surface area contributed by atoms with Crippen molar-refractivity contribution in [2.75, 3.05) is 59.7 Å². The normalized spacial score (nSPS) is 10.6. The first kappa shape index (κ1) is 88.4. The molecule has 0 unspecified atom stereocenters. The summed E-state index contributed by atoms with van der Waals surface area (Å²) in [6, 6.07) is 32.8. The zero-order chi connectivity index (χ0) is 86.2. The summed E-state index contributed by atoms with van der Waals surface area (Å²) < 4.78 is 60.6. The Kier molecular flexibility index (Phi) is 30.9. The van der Waals surface area contributed by atoms with Crippen molar-refractivity contribution in [2.24, 2.45) is 0 Å². The van der Waals surface area contributed by atoms with Crippen molar-refractivity contribution in [3.8, 4) is 0 Å². The molecule has 15 rings (SSSR count). The van der Waals surface area contributed by atoms with Gasteiger partial charge in [-0.2, -0.15) is 4.39 Å². The first-order valence-electron chi connectivity index (χ1n) is 36.8. The molecule has 0 atom stereocenters. The van der Waals surface area contributed by atoms with Crippen molar-refractivity contribution < 1.29 is 46.0 Å². The van der Waals surface area contributed by atoms with Crippen molar-refractivity contribution >= 4 is 143 Å². The number of oxazole rings is 1. The van der Waals surface area contributed by atoms with Crippen LogP contribution in [0, 0.1) is 50.3 Å². The van der Waals surface area contributed by atoms with E-state index in [0.29, 0.717) is 77.5 Å². The van der Waals surface area contributed by atoms with E-state index in [4.69, 9.17) is 27.6 Å². The SMILES string of the molecule is CN(c1cccnc1)c1cc(Cl)cc(C(=O)Cc2nccs2)c1.Cc1cncc(CC(=O)c2cc(F)cc(N(C)c3cncnc3)c2)c1.Cc1coc(CC(=O)c2cc(F)cc(N(C)c3cncnc3)c2)n1.Cc1csc(CC(=O)c2cc(Cl)cc(N(C)c3cccnc3)c2)n1.Cc1nc(CC(=O)c2cc(F)cc(N(C)c3cncnc3)c2)sc1F. The highest BCUT2D eigenvalue weighted by atomic mass is 35.5. The first-order chi connectivity index (χ1) is 58.1. The maximum Gasteiger partial charge on any atom is 0.202 e. The quantitative estimate of drug-likeness (QED) is 0.0379. The van der Waals surface area contributed by atoms with Gasteiger partial charge in [0.1, 0.15) is 57.7 Å². The van der Waals surface area contributed by atoms with Crippen LogP contribution in [-0.4, -0.2) is 129 Å². The highest BCUT2D eigenvalue weighted by Gasteiger charge is 2.22. The average Bonchev–Trinajstić information content (AvgIpc) is 1.46. The van der Waals surface area contributed by atoms with Crippen LogP contribution in [0.3, 0.4) is 0 Å². The molecule has 15 aromatic rings. The summed E-state index contributed by atoms with van der Waals surface area (Å²) in [7, 11) is 9.07. The molecule has 0 saturated carbocycles. The molecule has 0 radical (unpaired) electrons. The van der Waals surface area contributed by atoms with Crippen molar-refractivity contribution in [3.05, 3.63) is 347 Å². The molecule has 0 spiro atoms. The lowest BCUT2D eigenvalue weighted by Crippen LogP contribution is -2.12. The van der Waals surface area contributed by atoms with E-state index in [9.17, 15) is 41.5 Å².